The first-order valence-electron chi connectivity index (χ1n) is 11.0. The van der Waals surface area contributed by atoms with Crippen LogP contribution >= 0.6 is 0 Å². The number of carbonyl (C=O) groups is 2. The summed E-state index contributed by atoms with van der Waals surface area (Å²) in [6, 6.07) is 20.7. The van der Waals surface area contributed by atoms with E-state index in [4.69, 9.17) is 9.57 Å². The monoisotopic (exact) mass is 442 g/mol. The lowest BCUT2D eigenvalue weighted by Crippen LogP contribution is -2.38. The molecule has 2 heterocycles. The molecule has 3 aromatic rings. The number of anilines is 2. The molecule has 168 valence electrons. The molecule has 2 fully saturated rings. The zero-order chi connectivity index (χ0) is 23.3. The molecule has 0 radical (unpaired) electrons. The Hall–Kier alpha value is -3.64. The lowest BCUT2D eigenvalue weighted by Gasteiger charge is -2.29. The number of carbonyl (C=O) groups excluding carboxylic acids is 2. The molecule has 3 aromatic carbocycles. The number of hydrogen-bond donors (Lipinski definition) is 0. The minimum Gasteiger partial charge on any atom is -0.497 e. The van der Waals surface area contributed by atoms with Crippen LogP contribution in [0.2, 0.25) is 0 Å². The minimum atomic E-state index is -0.894. The molecule has 6 heteroatoms. The number of hydrogen-bond acceptors (Lipinski definition) is 5. The van der Waals surface area contributed by atoms with Crippen molar-refractivity contribution in [3.05, 3.63) is 89.0 Å². The second-order valence-corrected chi connectivity index (χ2v) is 8.69. The van der Waals surface area contributed by atoms with Gasteiger partial charge in [0.05, 0.1) is 24.5 Å². The standard InChI is InChI=1S/C27H26N2O4/c1-16-13-17(2)23(18(3)14-16)28-26(30)22-24(19-9-8-12-21(15-19)32-4)29(33-25(22)27(28)31)20-10-6-5-7-11-20/h5-15,22,24-25H,1-4H3/t22-,24+,25+/m0/s1. The van der Waals surface area contributed by atoms with Gasteiger partial charge in [0.25, 0.3) is 5.91 Å². The second kappa shape index (κ2) is 8.05. The van der Waals surface area contributed by atoms with Crippen LogP contribution in [-0.2, 0) is 14.4 Å². The maximum Gasteiger partial charge on any atom is 0.266 e. The Morgan fingerprint density at radius 3 is 2.21 bits per heavy atom. The van der Waals surface area contributed by atoms with E-state index in [2.05, 4.69) is 0 Å². The van der Waals surface area contributed by atoms with Crippen molar-refractivity contribution in [2.75, 3.05) is 17.1 Å². The summed E-state index contributed by atoms with van der Waals surface area (Å²) in [6.45, 7) is 5.87. The van der Waals surface area contributed by atoms with Crippen LogP contribution in [0.1, 0.15) is 28.3 Å². The third-order valence-corrected chi connectivity index (χ3v) is 6.42. The third kappa shape index (κ3) is 3.38. The van der Waals surface area contributed by atoms with E-state index in [1.165, 1.54) is 4.90 Å². The number of amides is 2. The fourth-order valence-electron chi connectivity index (χ4n) is 5.12. The number of hydroxylamine groups is 1. The molecule has 0 aliphatic carbocycles. The lowest BCUT2D eigenvalue weighted by atomic mass is 9.90. The van der Waals surface area contributed by atoms with Crippen LogP contribution in [0, 0.1) is 26.7 Å². The molecule has 2 aliphatic heterocycles. The second-order valence-electron chi connectivity index (χ2n) is 8.69. The fraction of sp³-hybridized carbons (Fsp3) is 0.259. The number of nitrogens with zero attached hydrogens (tertiary/aromatic N) is 2. The van der Waals surface area contributed by atoms with Gasteiger partial charge in [0.1, 0.15) is 11.7 Å². The molecule has 2 saturated heterocycles. The number of methoxy groups -OCH3 is 1. The van der Waals surface area contributed by atoms with E-state index in [0.29, 0.717) is 11.4 Å². The normalized spacial score (nSPS) is 22.1. The molecular weight excluding hydrogens is 416 g/mol. The van der Waals surface area contributed by atoms with Gasteiger partial charge in [0, 0.05) is 0 Å². The van der Waals surface area contributed by atoms with E-state index in [9.17, 15) is 9.59 Å². The summed E-state index contributed by atoms with van der Waals surface area (Å²) in [5.74, 6) is -0.564. The fourth-order valence-corrected chi connectivity index (χ4v) is 5.12. The van der Waals surface area contributed by atoms with Gasteiger partial charge in [-0.2, -0.15) is 0 Å². The van der Waals surface area contributed by atoms with Crippen molar-refractivity contribution < 1.29 is 19.2 Å². The van der Waals surface area contributed by atoms with Gasteiger partial charge in [-0.05, 0) is 61.7 Å². The number of benzene rings is 3. The van der Waals surface area contributed by atoms with Crippen LogP contribution < -0.4 is 14.7 Å². The molecule has 0 saturated carbocycles. The van der Waals surface area contributed by atoms with Crippen molar-refractivity contribution in [2.45, 2.75) is 32.9 Å². The van der Waals surface area contributed by atoms with E-state index in [1.807, 2.05) is 87.5 Å². The van der Waals surface area contributed by atoms with Crippen molar-refractivity contribution in [3.63, 3.8) is 0 Å². The zero-order valence-electron chi connectivity index (χ0n) is 19.1. The van der Waals surface area contributed by atoms with E-state index in [0.717, 1.165) is 27.9 Å². The summed E-state index contributed by atoms with van der Waals surface area (Å²) in [6.07, 6.45) is -0.894. The Kier molecular flexibility index (Phi) is 5.17. The van der Waals surface area contributed by atoms with Crippen molar-refractivity contribution in [3.8, 4) is 5.75 Å². The molecule has 0 spiro atoms. The third-order valence-electron chi connectivity index (χ3n) is 6.42. The molecule has 0 N–H and O–H groups in total. The molecule has 33 heavy (non-hydrogen) atoms. The van der Waals surface area contributed by atoms with Gasteiger partial charge in [-0.15, -0.1) is 0 Å². The van der Waals surface area contributed by atoms with Gasteiger partial charge >= 0.3 is 0 Å². The number of rotatable bonds is 4. The highest BCUT2D eigenvalue weighted by atomic mass is 16.7. The van der Waals surface area contributed by atoms with Gasteiger partial charge in [-0.25, -0.2) is 9.96 Å². The van der Waals surface area contributed by atoms with Gasteiger partial charge in [0.15, 0.2) is 6.10 Å². The molecule has 0 unspecified atom stereocenters. The molecule has 3 atom stereocenters. The molecule has 2 amide bonds. The maximum atomic E-state index is 13.9. The minimum absolute atomic E-state index is 0.244. The number of para-hydroxylation sites is 1. The Balaban J connectivity index is 1.62. The number of imide groups is 1. The van der Waals surface area contributed by atoms with Gasteiger partial charge in [-0.3, -0.25) is 14.4 Å². The van der Waals surface area contributed by atoms with E-state index >= 15 is 0 Å². The van der Waals surface area contributed by atoms with Gasteiger partial charge in [0.2, 0.25) is 5.91 Å². The Morgan fingerprint density at radius 2 is 1.55 bits per heavy atom. The zero-order valence-corrected chi connectivity index (χ0v) is 19.1. The van der Waals surface area contributed by atoms with Crippen LogP contribution in [0.3, 0.4) is 0 Å². The largest absolute Gasteiger partial charge is 0.497 e. The van der Waals surface area contributed by atoms with Crippen molar-refractivity contribution in [1.29, 1.82) is 0 Å². The summed E-state index contributed by atoms with van der Waals surface area (Å²) in [5, 5.41) is 1.70. The summed E-state index contributed by atoms with van der Waals surface area (Å²) < 4.78 is 5.43. The van der Waals surface area contributed by atoms with Crippen LogP contribution in [-0.4, -0.2) is 25.0 Å². The van der Waals surface area contributed by atoms with Crippen LogP contribution in [0.5, 0.6) is 5.75 Å². The Labute approximate surface area is 193 Å². The number of aryl methyl sites for hydroxylation is 3. The summed E-state index contributed by atoms with van der Waals surface area (Å²) in [7, 11) is 1.61. The Bertz CT molecular complexity index is 1220. The van der Waals surface area contributed by atoms with Crippen LogP contribution in [0.25, 0.3) is 0 Å². The highest BCUT2D eigenvalue weighted by molar-refractivity contribution is 6.24. The lowest BCUT2D eigenvalue weighted by molar-refractivity contribution is -0.126. The Morgan fingerprint density at radius 1 is 0.848 bits per heavy atom. The smallest absolute Gasteiger partial charge is 0.266 e. The average molecular weight is 443 g/mol. The van der Waals surface area contributed by atoms with Crippen molar-refractivity contribution in [2.24, 2.45) is 5.92 Å². The van der Waals surface area contributed by atoms with Gasteiger partial charge in [-0.1, -0.05) is 48.0 Å². The first-order valence-corrected chi connectivity index (χ1v) is 11.0. The molecule has 0 aromatic heterocycles. The van der Waals surface area contributed by atoms with Crippen LogP contribution in [0.15, 0.2) is 66.7 Å². The summed E-state index contributed by atoms with van der Waals surface area (Å²) in [4.78, 5) is 35.0. The summed E-state index contributed by atoms with van der Waals surface area (Å²) in [5.41, 5.74) is 5.18. The number of fused-ring (bicyclic) bond motifs is 1. The SMILES string of the molecule is COc1cccc([C@@H]2[C@@H]3C(=O)N(c4c(C)cc(C)cc4C)C(=O)[C@@H]3ON2c2ccccc2)c1. The molecule has 2 aliphatic rings. The van der Waals surface area contributed by atoms with Crippen LogP contribution in [0.4, 0.5) is 11.4 Å². The molecule has 0 bridgehead atoms. The predicted octanol–water partition coefficient (Wildman–Crippen LogP) is 4.67. The van der Waals surface area contributed by atoms with Gasteiger partial charge < -0.3 is 4.74 Å². The maximum absolute atomic E-state index is 13.9. The van der Waals surface area contributed by atoms with E-state index < -0.39 is 18.1 Å². The molecule has 6 nitrogen and oxygen atoms in total. The topological polar surface area (TPSA) is 59.1 Å². The highest BCUT2D eigenvalue weighted by Gasteiger charge is 2.60. The highest BCUT2D eigenvalue weighted by Crippen LogP contribution is 2.48. The van der Waals surface area contributed by atoms with Crippen molar-refractivity contribution >= 4 is 23.2 Å². The van der Waals surface area contributed by atoms with E-state index in [1.54, 1.807) is 12.2 Å². The quantitative estimate of drug-likeness (QED) is 0.550. The molecule has 5 rings (SSSR count). The predicted molar refractivity (Wildman–Crippen MR) is 126 cm³/mol. The molecular formula is C27H26N2O4. The summed E-state index contributed by atoms with van der Waals surface area (Å²) >= 11 is 0. The average Bonchev–Trinajstić information content (AvgIpc) is 3.31. The first kappa shape index (κ1) is 21.2. The number of ether oxygens (including phenoxy) is 1. The van der Waals surface area contributed by atoms with Crippen molar-refractivity contribution in [1.82, 2.24) is 0 Å². The first-order chi connectivity index (χ1) is 15.9. The van der Waals surface area contributed by atoms with E-state index in [-0.39, 0.29) is 11.8 Å².